The molecule has 122 valence electrons. The minimum Gasteiger partial charge on any atom is -0.456 e. The minimum atomic E-state index is -0.834. The van der Waals surface area contributed by atoms with Crippen LogP contribution in [0.4, 0.5) is 15.0 Å². The molecule has 7 heteroatoms. The van der Waals surface area contributed by atoms with Gasteiger partial charge in [-0.2, -0.15) is 0 Å². The van der Waals surface area contributed by atoms with Crippen LogP contribution in [0.5, 0.6) is 0 Å². The highest BCUT2D eigenvalue weighted by Crippen LogP contribution is 2.17. The molecule has 0 unspecified atom stereocenters. The topological polar surface area (TPSA) is 77.5 Å². The second-order valence-corrected chi connectivity index (χ2v) is 6.68. The number of carbonyl (C=O) groups is 2. The number of nitrogens with one attached hydrogen (secondary N) is 1. The molecule has 0 spiro atoms. The van der Waals surface area contributed by atoms with E-state index in [0.29, 0.717) is 0 Å². The zero-order valence-electron chi connectivity index (χ0n) is 13.6. The van der Waals surface area contributed by atoms with Crippen LogP contribution in [0.1, 0.15) is 51.9 Å². The van der Waals surface area contributed by atoms with Crippen molar-refractivity contribution in [2.75, 3.05) is 5.32 Å². The lowest BCUT2D eigenvalue weighted by Crippen LogP contribution is -2.28. The number of ether oxygens (including phenoxy) is 2. The number of aromatic nitrogens is 1. The second kappa shape index (κ2) is 6.29. The molecule has 0 aliphatic rings. The molecule has 1 aromatic heterocycles. The van der Waals surface area contributed by atoms with Crippen molar-refractivity contribution in [3.8, 4) is 0 Å². The van der Waals surface area contributed by atoms with Gasteiger partial charge in [-0.15, -0.1) is 0 Å². The lowest BCUT2D eigenvalue weighted by Gasteiger charge is -2.20. The van der Waals surface area contributed by atoms with E-state index in [1.54, 1.807) is 41.5 Å². The molecule has 1 N–H and O–H groups in total. The number of hydrogen-bond donors (Lipinski definition) is 1. The fourth-order valence-corrected chi connectivity index (χ4v) is 1.40. The van der Waals surface area contributed by atoms with Crippen molar-refractivity contribution in [3.63, 3.8) is 0 Å². The van der Waals surface area contributed by atoms with E-state index >= 15 is 0 Å². The summed E-state index contributed by atoms with van der Waals surface area (Å²) in [5, 5.41) is 2.34. The van der Waals surface area contributed by atoms with Crippen LogP contribution in [0.15, 0.2) is 12.3 Å². The van der Waals surface area contributed by atoms with Crippen molar-refractivity contribution < 1.29 is 23.5 Å². The van der Waals surface area contributed by atoms with Crippen LogP contribution in [0.3, 0.4) is 0 Å². The third-order valence-corrected chi connectivity index (χ3v) is 2.10. The van der Waals surface area contributed by atoms with Crippen LogP contribution >= 0.6 is 0 Å². The van der Waals surface area contributed by atoms with Crippen LogP contribution in [0.2, 0.25) is 0 Å². The monoisotopic (exact) mass is 312 g/mol. The normalized spacial score (nSPS) is 11.8. The Hall–Kier alpha value is -2.18. The fraction of sp³-hybridized carbons (Fsp3) is 0.533. The summed E-state index contributed by atoms with van der Waals surface area (Å²) < 4.78 is 23.8. The number of nitrogens with zero attached hydrogens (tertiary/aromatic N) is 1. The van der Waals surface area contributed by atoms with E-state index < -0.39 is 29.1 Å². The first kappa shape index (κ1) is 17.9. The van der Waals surface area contributed by atoms with Crippen molar-refractivity contribution in [2.45, 2.75) is 52.7 Å². The van der Waals surface area contributed by atoms with E-state index in [4.69, 9.17) is 9.47 Å². The van der Waals surface area contributed by atoms with Gasteiger partial charge in [-0.1, -0.05) is 0 Å². The number of carbonyl (C=O) groups excluding carboxylic acids is 2. The number of rotatable bonds is 2. The zero-order chi connectivity index (χ0) is 17.1. The Labute approximate surface area is 129 Å². The van der Waals surface area contributed by atoms with E-state index in [1.807, 2.05) is 0 Å². The highest BCUT2D eigenvalue weighted by atomic mass is 19.1. The standard InChI is InChI=1S/C15H21FN2O4/c1-14(2,3)21-12(19)9-7-11(17-8-10(9)16)18-13(20)22-15(4,5)6/h7-8H,1-6H3,(H,17,18,20). The zero-order valence-corrected chi connectivity index (χ0v) is 13.6. The molecule has 0 saturated carbocycles. The Balaban J connectivity index is 2.91. The molecule has 0 aromatic carbocycles. The summed E-state index contributed by atoms with van der Waals surface area (Å²) in [5.41, 5.74) is -1.75. The smallest absolute Gasteiger partial charge is 0.413 e. The number of esters is 1. The molecular formula is C15H21FN2O4. The van der Waals surface area contributed by atoms with Crippen LogP contribution in [0.25, 0.3) is 0 Å². The quantitative estimate of drug-likeness (QED) is 0.845. The maximum absolute atomic E-state index is 13.7. The van der Waals surface area contributed by atoms with Gasteiger partial charge in [0.1, 0.15) is 22.6 Å². The Morgan fingerprint density at radius 3 is 2.14 bits per heavy atom. The lowest BCUT2D eigenvalue weighted by atomic mass is 10.2. The van der Waals surface area contributed by atoms with Crippen LogP contribution in [-0.4, -0.2) is 28.2 Å². The van der Waals surface area contributed by atoms with Crippen LogP contribution < -0.4 is 5.32 Å². The third kappa shape index (κ3) is 6.07. The Morgan fingerprint density at radius 2 is 1.64 bits per heavy atom. The number of hydrogen-bond acceptors (Lipinski definition) is 5. The highest BCUT2D eigenvalue weighted by molar-refractivity contribution is 5.92. The molecular weight excluding hydrogens is 291 g/mol. The van der Waals surface area contributed by atoms with Gasteiger partial charge in [0.05, 0.1) is 6.20 Å². The Morgan fingerprint density at radius 1 is 1.09 bits per heavy atom. The van der Waals surface area contributed by atoms with Crippen molar-refractivity contribution in [1.29, 1.82) is 0 Å². The van der Waals surface area contributed by atoms with Crippen LogP contribution in [-0.2, 0) is 9.47 Å². The molecule has 0 atom stereocenters. The van der Waals surface area contributed by atoms with Crippen molar-refractivity contribution in [2.24, 2.45) is 0 Å². The summed E-state index contributed by atoms with van der Waals surface area (Å²) >= 11 is 0. The van der Waals surface area contributed by atoms with Gasteiger partial charge in [-0.05, 0) is 47.6 Å². The number of amides is 1. The van der Waals surface area contributed by atoms with Crippen molar-refractivity contribution in [3.05, 3.63) is 23.6 Å². The average molecular weight is 312 g/mol. The van der Waals surface area contributed by atoms with Crippen molar-refractivity contribution in [1.82, 2.24) is 4.98 Å². The van der Waals surface area contributed by atoms with Gasteiger partial charge in [0.15, 0.2) is 5.82 Å². The summed E-state index contributed by atoms with van der Waals surface area (Å²) in [4.78, 5) is 27.2. The van der Waals surface area contributed by atoms with Gasteiger partial charge >= 0.3 is 12.1 Å². The number of pyridine rings is 1. The molecule has 0 aliphatic carbocycles. The molecule has 1 amide bonds. The first-order valence-corrected chi connectivity index (χ1v) is 6.76. The van der Waals surface area contributed by atoms with Gasteiger partial charge in [-0.3, -0.25) is 5.32 Å². The third-order valence-electron chi connectivity index (χ3n) is 2.10. The van der Waals surface area contributed by atoms with Crippen molar-refractivity contribution >= 4 is 17.9 Å². The summed E-state index contributed by atoms with van der Waals surface area (Å²) in [5.74, 6) is -1.67. The van der Waals surface area contributed by atoms with E-state index in [1.165, 1.54) is 0 Å². The van der Waals surface area contributed by atoms with E-state index in [2.05, 4.69) is 10.3 Å². The summed E-state index contributed by atoms with van der Waals surface area (Å²) in [6.07, 6.45) is 0.0909. The SMILES string of the molecule is CC(C)(C)OC(=O)Nc1cc(C(=O)OC(C)(C)C)c(F)cn1. The lowest BCUT2D eigenvalue weighted by molar-refractivity contribution is 0.00641. The first-order valence-electron chi connectivity index (χ1n) is 6.76. The van der Waals surface area contributed by atoms with E-state index in [0.717, 1.165) is 12.3 Å². The van der Waals surface area contributed by atoms with Gasteiger partial charge in [0, 0.05) is 0 Å². The van der Waals surface area contributed by atoms with Crippen LogP contribution in [0, 0.1) is 5.82 Å². The molecule has 1 rings (SSSR count). The highest BCUT2D eigenvalue weighted by Gasteiger charge is 2.22. The molecule has 0 radical (unpaired) electrons. The largest absolute Gasteiger partial charge is 0.456 e. The molecule has 0 aliphatic heterocycles. The number of anilines is 1. The predicted octanol–water partition coefficient (Wildman–Crippen LogP) is 3.52. The Kier molecular flexibility index (Phi) is 5.11. The predicted molar refractivity (Wildman–Crippen MR) is 79.2 cm³/mol. The summed E-state index contributed by atoms with van der Waals surface area (Å²) in [7, 11) is 0. The Bertz CT molecular complexity index is 574. The molecule has 0 fully saturated rings. The fourth-order valence-electron chi connectivity index (χ4n) is 1.40. The maximum Gasteiger partial charge on any atom is 0.413 e. The van der Waals surface area contributed by atoms with Gasteiger partial charge in [0.2, 0.25) is 0 Å². The summed E-state index contributed by atoms with van der Waals surface area (Å²) in [6.45, 7) is 10.1. The number of halogens is 1. The van der Waals surface area contributed by atoms with Gasteiger partial charge in [0.25, 0.3) is 0 Å². The summed E-state index contributed by atoms with van der Waals surface area (Å²) in [6, 6.07) is 1.10. The molecule has 0 saturated heterocycles. The second-order valence-electron chi connectivity index (χ2n) is 6.68. The van der Waals surface area contributed by atoms with Gasteiger partial charge < -0.3 is 9.47 Å². The maximum atomic E-state index is 13.7. The first-order chi connectivity index (χ1) is 9.87. The molecule has 1 aromatic rings. The molecule has 6 nitrogen and oxygen atoms in total. The minimum absolute atomic E-state index is 0.00323. The van der Waals surface area contributed by atoms with Gasteiger partial charge in [-0.25, -0.2) is 19.0 Å². The van der Waals surface area contributed by atoms with E-state index in [-0.39, 0.29) is 11.4 Å². The molecule has 0 bridgehead atoms. The molecule has 22 heavy (non-hydrogen) atoms. The average Bonchev–Trinajstić information content (AvgIpc) is 2.26. The molecule has 1 heterocycles. The van der Waals surface area contributed by atoms with E-state index in [9.17, 15) is 14.0 Å².